The second kappa shape index (κ2) is 6.46. The lowest BCUT2D eigenvalue weighted by molar-refractivity contribution is 0.941. The third-order valence-electron chi connectivity index (χ3n) is 4.11. The summed E-state index contributed by atoms with van der Waals surface area (Å²) in [6.07, 6.45) is 2.40. The lowest BCUT2D eigenvalue weighted by Gasteiger charge is -2.19. The summed E-state index contributed by atoms with van der Waals surface area (Å²) >= 11 is 12.1. The maximum absolute atomic E-state index is 6.07. The number of aromatic nitrogens is 2. The Balaban J connectivity index is 1.77. The van der Waals surface area contributed by atoms with Gasteiger partial charge in [-0.2, -0.15) is 4.98 Å². The van der Waals surface area contributed by atoms with Crippen LogP contribution in [0, 0.1) is 0 Å². The quantitative estimate of drug-likeness (QED) is 0.691. The molecule has 0 atom stereocenters. The minimum absolute atomic E-state index is 0.550. The molecule has 1 N–H and O–H groups in total. The smallest absolute Gasteiger partial charge is 0.229 e. The zero-order valence-electron chi connectivity index (χ0n) is 13.0. The van der Waals surface area contributed by atoms with Crippen molar-refractivity contribution < 1.29 is 0 Å². The van der Waals surface area contributed by atoms with Crippen LogP contribution in [0.3, 0.4) is 0 Å². The van der Waals surface area contributed by atoms with E-state index in [1.54, 1.807) is 6.07 Å². The summed E-state index contributed by atoms with van der Waals surface area (Å²) in [4.78, 5) is 11.7. The van der Waals surface area contributed by atoms with Gasteiger partial charge in [-0.15, -0.1) is 0 Å². The fraction of sp³-hybridized carbons (Fsp3) is 0.222. The Morgan fingerprint density at radius 2 is 1.62 bits per heavy atom. The van der Waals surface area contributed by atoms with Crippen LogP contribution in [0.5, 0.6) is 0 Å². The molecule has 1 aromatic heterocycles. The average Bonchev–Trinajstić information content (AvgIpc) is 3.07. The van der Waals surface area contributed by atoms with Gasteiger partial charge >= 0.3 is 0 Å². The standard InChI is InChI=1S/C18H16Cl2N4/c19-12-9-13(20)11-14(10-12)21-18-22-16-6-2-1-5-15(16)17(23-18)24-7-3-4-8-24/h1-2,5-6,9-11H,3-4,7-8H2,(H,21,22,23). The molecule has 0 spiro atoms. The molecule has 4 nitrogen and oxygen atoms in total. The van der Waals surface area contributed by atoms with Gasteiger partial charge in [0.15, 0.2) is 0 Å². The van der Waals surface area contributed by atoms with Crippen LogP contribution in [0.1, 0.15) is 12.8 Å². The topological polar surface area (TPSA) is 41.1 Å². The highest BCUT2D eigenvalue weighted by Gasteiger charge is 2.18. The van der Waals surface area contributed by atoms with E-state index < -0.39 is 0 Å². The maximum Gasteiger partial charge on any atom is 0.229 e. The van der Waals surface area contributed by atoms with Crippen molar-refractivity contribution >= 4 is 51.6 Å². The van der Waals surface area contributed by atoms with Gasteiger partial charge < -0.3 is 10.2 Å². The first-order valence-electron chi connectivity index (χ1n) is 7.94. The van der Waals surface area contributed by atoms with E-state index in [0.29, 0.717) is 16.0 Å². The Hall–Kier alpha value is -2.04. The van der Waals surface area contributed by atoms with Crippen LogP contribution in [-0.2, 0) is 0 Å². The van der Waals surface area contributed by atoms with Crippen molar-refractivity contribution in [1.29, 1.82) is 0 Å². The molecule has 0 amide bonds. The van der Waals surface area contributed by atoms with Crippen molar-refractivity contribution in [3.8, 4) is 0 Å². The van der Waals surface area contributed by atoms with Gasteiger partial charge in [0, 0.05) is 34.2 Å². The molecule has 4 rings (SSSR count). The van der Waals surface area contributed by atoms with E-state index in [9.17, 15) is 0 Å². The third-order valence-corrected chi connectivity index (χ3v) is 4.54. The number of nitrogens with one attached hydrogen (secondary N) is 1. The van der Waals surface area contributed by atoms with Crippen molar-refractivity contribution in [3.05, 3.63) is 52.5 Å². The van der Waals surface area contributed by atoms with E-state index in [1.165, 1.54) is 12.8 Å². The normalized spacial score (nSPS) is 14.3. The summed E-state index contributed by atoms with van der Waals surface area (Å²) in [5.41, 5.74) is 1.69. The van der Waals surface area contributed by atoms with E-state index in [4.69, 9.17) is 28.2 Å². The lowest BCUT2D eigenvalue weighted by atomic mass is 10.2. The highest BCUT2D eigenvalue weighted by molar-refractivity contribution is 6.35. The Bertz CT molecular complexity index is 871. The Kier molecular flexibility index (Phi) is 4.17. The van der Waals surface area contributed by atoms with E-state index in [0.717, 1.165) is 35.5 Å². The van der Waals surface area contributed by atoms with E-state index in [1.807, 2.05) is 30.3 Å². The number of benzene rings is 2. The van der Waals surface area contributed by atoms with Gasteiger partial charge in [0.1, 0.15) is 5.82 Å². The maximum atomic E-state index is 6.07. The largest absolute Gasteiger partial charge is 0.356 e. The van der Waals surface area contributed by atoms with Crippen LogP contribution < -0.4 is 10.2 Å². The molecule has 0 radical (unpaired) electrons. The van der Waals surface area contributed by atoms with Gasteiger partial charge in [0.2, 0.25) is 5.95 Å². The number of rotatable bonds is 3. The number of nitrogens with zero attached hydrogens (tertiary/aromatic N) is 3. The van der Waals surface area contributed by atoms with Crippen LogP contribution >= 0.6 is 23.2 Å². The van der Waals surface area contributed by atoms with Gasteiger partial charge in [-0.3, -0.25) is 0 Å². The summed E-state index contributed by atoms with van der Waals surface area (Å²) in [6.45, 7) is 2.06. The van der Waals surface area contributed by atoms with Crippen LogP contribution in [0.25, 0.3) is 10.9 Å². The lowest BCUT2D eigenvalue weighted by Crippen LogP contribution is -2.20. The molecule has 1 aliphatic heterocycles. The molecule has 1 saturated heterocycles. The highest BCUT2D eigenvalue weighted by atomic mass is 35.5. The molecule has 122 valence electrons. The van der Waals surface area contributed by atoms with Gasteiger partial charge in [0.05, 0.1) is 5.52 Å². The predicted octanol–water partition coefficient (Wildman–Crippen LogP) is 5.28. The van der Waals surface area contributed by atoms with Crippen LogP contribution in [0.2, 0.25) is 10.0 Å². The number of anilines is 3. The third kappa shape index (κ3) is 3.12. The molecule has 2 heterocycles. The molecule has 2 aromatic carbocycles. The Morgan fingerprint density at radius 3 is 2.38 bits per heavy atom. The van der Waals surface area contributed by atoms with Crippen molar-refractivity contribution in [3.63, 3.8) is 0 Å². The molecule has 3 aromatic rings. The average molecular weight is 359 g/mol. The summed E-state index contributed by atoms with van der Waals surface area (Å²) < 4.78 is 0. The summed E-state index contributed by atoms with van der Waals surface area (Å²) in [5, 5.41) is 5.45. The first-order chi connectivity index (χ1) is 11.7. The monoisotopic (exact) mass is 358 g/mol. The second-order valence-corrected chi connectivity index (χ2v) is 6.74. The molecule has 0 saturated carbocycles. The number of fused-ring (bicyclic) bond motifs is 1. The Labute approximate surface area is 150 Å². The minimum atomic E-state index is 0.550. The van der Waals surface area contributed by atoms with Crippen molar-refractivity contribution in [2.45, 2.75) is 12.8 Å². The molecule has 0 bridgehead atoms. The van der Waals surface area contributed by atoms with E-state index >= 15 is 0 Å². The van der Waals surface area contributed by atoms with Gasteiger partial charge in [-0.05, 0) is 43.2 Å². The first kappa shape index (κ1) is 15.5. The molecule has 6 heteroatoms. The Morgan fingerprint density at radius 1 is 0.917 bits per heavy atom. The molecule has 0 aliphatic carbocycles. The summed E-state index contributed by atoms with van der Waals surface area (Å²) in [5.74, 6) is 1.53. The number of hydrogen-bond donors (Lipinski definition) is 1. The zero-order valence-corrected chi connectivity index (χ0v) is 14.5. The van der Waals surface area contributed by atoms with E-state index in [2.05, 4.69) is 21.3 Å². The molecule has 0 unspecified atom stereocenters. The number of hydrogen-bond acceptors (Lipinski definition) is 4. The minimum Gasteiger partial charge on any atom is -0.356 e. The highest BCUT2D eigenvalue weighted by Crippen LogP contribution is 2.30. The van der Waals surface area contributed by atoms with Gasteiger partial charge in [0.25, 0.3) is 0 Å². The van der Waals surface area contributed by atoms with Crippen molar-refractivity contribution in [1.82, 2.24) is 9.97 Å². The molecule has 1 aliphatic rings. The first-order valence-corrected chi connectivity index (χ1v) is 8.69. The van der Waals surface area contributed by atoms with Gasteiger partial charge in [-0.25, -0.2) is 4.98 Å². The van der Waals surface area contributed by atoms with Crippen LogP contribution in [-0.4, -0.2) is 23.1 Å². The predicted molar refractivity (Wildman–Crippen MR) is 101 cm³/mol. The number of para-hydroxylation sites is 1. The fourth-order valence-electron chi connectivity index (χ4n) is 3.04. The van der Waals surface area contributed by atoms with E-state index in [-0.39, 0.29) is 0 Å². The van der Waals surface area contributed by atoms with Crippen LogP contribution in [0.4, 0.5) is 17.5 Å². The van der Waals surface area contributed by atoms with Crippen LogP contribution in [0.15, 0.2) is 42.5 Å². The molecule has 24 heavy (non-hydrogen) atoms. The SMILES string of the molecule is Clc1cc(Cl)cc(Nc2nc(N3CCCC3)c3ccccc3n2)c1. The fourth-order valence-corrected chi connectivity index (χ4v) is 3.57. The zero-order chi connectivity index (χ0) is 16.5. The molecular weight excluding hydrogens is 343 g/mol. The van der Waals surface area contributed by atoms with Gasteiger partial charge in [-0.1, -0.05) is 35.3 Å². The second-order valence-electron chi connectivity index (χ2n) is 5.87. The van der Waals surface area contributed by atoms with Crippen molar-refractivity contribution in [2.24, 2.45) is 0 Å². The molecule has 1 fully saturated rings. The molecular formula is C18H16Cl2N4. The summed E-state index contributed by atoms with van der Waals surface area (Å²) in [6, 6.07) is 13.4. The number of halogens is 2. The van der Waals surface area contributed by atoms with Crippen molar-refractivity contribution in [2.75, 3.05) is 23.3 Å². The summed E-state index contributed by atoms with van der Waals surface area (Å²) in [7, 11) is 0.